The van der Waals surface area contributed by atoms with Crippen LogP contribution < -0.4 is 0 Å². The van der Waals surface area contributed by atoms with Crippen molar-refractivity contribution in [1.29, 1.82) is 0 Å². The number of carbonyl (C=O) groups is 1. The van der Waals surface area contributed by atoms with Gasteiger partial charge in [0.05, 0.1) is 10.6 Å². The zero-order chi connectivity index (χ0) is 13.4. The Morgan fingerprint density at radius 3 is 2.58 bits per heavy atom. The molecule has 0 bridgehead atoms. The first-order valence-corrected chi connectivity index (χ1v) is 5.91. The van der Waals surface area contributed by atoms with E-state index in [2.05, 4.69) is 4.98 Å². The van der Waals surface area contributed by atoms with E-state index in [0.717, 1.165) is 5.56 Å². The van der Waals surface area contributed by atoms with Crippen LogP contribution in [0.2, 0.25) is 5.02 Å². The maximum Gasteiger partial charge on any atom is 0.335 e. The van der Waals surface area contributed by atoms with Crippen molar-refractivity contribution >= 4 is 28.7 Å². The molecule has 94 valence electrons. The van der Waals surface area contributed by atoms with E-state index < -0.39 is 5.97 Å². The molecule has 19 heavy (non-hydrogen) atoms. The van der Waals surface area contributed by atoms with Crippen LogP contribution in [-0.2, 0) is 0 Å². The standard InChI is InChI=1S/C14H8ClNO3/c15-10-5-6-16-11-7-12(19-13(10)11)8-1-3-9(4-2-8)14(17)18/h1-7H,(H,17,18). The van der Waals surface area contributed by atoms with Crippen molar-refractivity contribution in [2.75, 3.05) is 0 Å². The Hall–Kier alpha value is -2.33. The number of hydrogen-bond donors (Lipinski definition) is 1. The Morgan fingerprint density at radius 1 is 1.21 bits per heavy atom. The number of carboxylic acids is 1. The van der Waals surface area contributed by atoms with Crippen molar-refractivity contribution in [3.05, 3.63) is 53.2 Å². The number of furan rings is 1. The van der Waals surface area contributed by atoms with Gasteiger partial charge >= 0.3 is 5.97 Å². The molecule has 4 nitrogen and oxygen atoms in total. The van der Waals surface area contributed by atoms with E-state index in [4.69, 9.17) is 21.1 Å². The molecule has 0 radical (unpaired) electrons. The summed E-state index contributed by atoms with van der Waals surface area (Å²) in [6, 6.07) is 9.87. The van der Waals surface area contributed by atoms with E-state index in [-0.39, 0.29) is 5.56 Å². The summed E-state index contributed by atoms with van der Waals surface area (Å²) < 4.78 is 5.64. The van der Waals surface area contributed by atoms with E-state index in [0.29, 0.717) is 21.9 Å². The number of carboxylic acid groups (broad SMARTS) is 1. The van der Waals surface area contributed by atoms with Crippen LogP contribution in [0.4, 0.5) is 0 Å². The normalized spacial score (nSPS) is 10.8. The van der Waals surface area contributed by atoms with Crippen molar-refractivity contribution in [3.63, 3.8) is 0 Å². The molecular formula is C14H8ClNO3. The van der Waals surface area contributed by atoms with Crippen LogP contribution in [0.5, 0.6) is 0 Å². The molecule has 1 N–H and O–H groups in total. The van der Waals surface area contributed by atoms with Gasteiger partial charge in [-0.3, -0.25) is 4.98 Å². The third kappa shape index (κ3) is 2.06. The fourth-order valence-electron chi connectivity index (χ4n) is 1.83. The molecule has 1 aromatic carbocycles. The average Bonchev–Trinajstić information content (AvgIpc) is 2.84. The number of pyridine rings is 1. The van der Waals surface area contributed by atoms with Gasteiger partial charge in [0, 0.05) is 17.8 Å². The molecule has 3 aromatic rings. The number of fused-ring (bicyclic) bond motifs is 1. The number of aromatic carboxylic acids is 1. The number of halogens is 1. The van der Waals surface area contributed by atoms with Crippen LogP contribution in [0, 0.1) is 0 Å². The van der Waals surface area contributed by atoms with Gasteiger partial charge in [-0.15, -0.1) is 0 Å². The van der Waals surface area contributed by atoms with Gasteiger partial charge in [-0.05, 0) is 18.2 Å². The summed E-state index contributed by atoms with van der Waals surface area (Å²) in [6.45, 7) is 0. The van der Waals surface area contributed by atoms with Gasteiger partial charge in [0.25, 0.3) is 0 Å². The lowest BCUT2D eigenvalue weighted by Gasteiger charge is -1.97. The van der Waals surface area contributed by atoms with Crippen LogP contribution in [0.3, 0.4) is 0 Å². The van der Waals surface area contributed by atoms with E-state index >= 15 is 0 Å². The van der Waals surface area contributed by atoms with Crippen LogP contribution in [0.1, 0.15) is 10.4 Å². The second-order valence-corrected chi connectivity index (χ2v) is 4.41. The average molecular weight is 274 g/mol. The Bertz CT molecular complexity index is 762. The quantitative estimate of drug-likeness (QED) is 0.770. The third-order valence-electron chi connectivity index (χ3n) is 2.78. The maximum absolute atomic E-state index is 10.8. The fraction of sp³-hybridized carbons (Fsp3) is 0. The minimum atomic E-state index is -0.958. The van der Waals surface area contributed by atoms with Crippen LogP contribution in [0.25, 0.3) is 22.4 Å². The molecule has 3 rings (SSSR count). The van der Waals surface area contributed by atoms with Crippen molar-refractivity contribution < 1.29 is 14.3 Å². The molecule has 0 aliphatic rings. The van der Waals surface area contributed by atoms with Crippen LogP contribution in [-0.4, -0.2) is 16.1 Å². The summed E-state index contributed by atoms with van der Waals surface area (Å²) in [5.41, 5.74) is 2.21. The first-order chi connectivity index (χ1) is 9.15. The molecule has 2 heterocycles. The highest BCUT2D eigenvalue weighted by Crippen LogP contribution is 2.30. The summed E-state index contributed by atoms with van der Waals surface area (Å²) >= 11 is 6.01. The zero-order valence-electron chi connectivity index (χ0n) is 9.63. The molecule has 0 unspecified atom stereocenters. The molecule has 5 heteroatoms. The van der Waals surface area contributed by atoms with Crippen molar-refractivity contribution in [3.8, 4) is 11.3 Å². The van der Waals surface area contributed by atoms with Gasteiger partial charge in [0.2, 0.25) is 0 Å². The van der Waals surface area contributed by atoms with Gasteiger partial charge in [0.15, 0.2) is 5.58 Å². The number of nitrogens with zero attached hydrogens (tertiary/aromatic N) is 1. The second kappa shape index (κ2) is 4.40. The highest BCUT2D eigenvalue weighted by atomic mass is 35.5. The summed E-state index contributed by atoms with van der Waals surface area (Å²) in [5.74, 6) is -0.353. The first-order valence-electron chi connectivity index (χ1n) is 5.53. The van der Waals surface area contributed by atoms with E-state index in [9.17, 15) is 4.79 Å². The topological polar surface area (TPSA) is 63.3 Å². The van der Waals surface area contributed by atoms with E-state index in [1.54, 1.807) is 30.5 Å². The highest BCUT2D eigenvalue weighted by Gasteiger charge is 2.10. The molecular weight excluding hydrogens is 266 g/mol. The number of aromatic nitrogens is 1. The van der Waals surface area contributed by atoms with Crippen molar-refractivity contribution in [2.24, 2.45) is 0 Å². The van der Waals surface area contributed by atoms with Gasteiger partial charge in [-0.1, -0.05) is 23.7 Å². The second-order valence-electron chi connectivity index (χ2n) is 4.00. The van der Waals surface area contributed by atoms with Crippen molar-refractivity contribution in [1.82, 2.24) is 4.98 Å². The summed E-state index contributed by atoms with van der Waals surface area (Å²) in [6.07, 6.45) is 1.61. The predicted octanol–water partition coefficient (Wildman–Crippen LogP) is 3.85. The molecule has 0 spiro atoms. The lowest BCUT2D eigenvalue weighted by Crippen LogP contribution is -1.94. The lowest BCUT2D eigenvalue weighted by atomic mass is 10.1. The summed E-state index contributed by atoms with van der Waals surface area (Å²) in [4.78, 5) is 14.9. The molecule has 0 fully saturated rings. The lowest BCUT2D eigenvalue weighted by molar-refractivity contribution is 0.0697. The van der Waals surface area contributed by atoms with Gasteiger partial charge in [-0.25, -0.2) is 4.79 Å². The molecule has 0 amide bonds. The molecule has 0 atom stereocenters. The Morgan fingerprint density at radius 2 is 1.95 bits per heavy atom. The minimum Gasteiger partial charge on any atom is -0.478 e. The van der Waals surface area contributed by atoms with Gasteiger partial charge in [-0.2, -0.15) is 0 Å². The molecule has 0 saturated carbocycles. The third-order valence-corrected chi connectivity index (χ3v) is 3.08. The number of benzene rings is 1. The molecule has 2 aromatic heterocycles. The largest absolute Gasteiger partial charge is 0.478 e. The van der Waals surface area contributed by atoms with E-state index in [1.807, 2.05) is 0 Å². The number of hydrogen-bond acceptors (Lipinski definition) is 3. The molecule has 0 saturated heterocycles. The zero-order valence-corrected chi connectivity index (χ0v) is 10.4. The summed E-state index contributed by atoms with van der Waals surface area (Å²) in [5, 5.41) is 9.34. The smallest absolute Gasteiger partial charge is 0.335 e. The van der Waals surface area contributed by atoms with Crippen LogP contribution in [0.15, 0.2) is 47.0 Å². The molecule has 0 aliphatic heterocycles. The van der Waals surface area contributed by atoms with Crippen molar-refractivity contribution in [2.45, 2.75) is 0 Å². The van der Waals surface area contributed by atoms with E-state index in [1.165, 1.54) is 12.1 Å². The van der Waals surface area contributed by atoms with Gasteiger partial charge in [0.1, 0.15) is 11.3 Å². The first kappa shape index (κ1) is 11.7. The maximum atomic E-state index is 10.8. The highest BCUT2D eigenvalue weighted by molar-refractivity contribution is 6.34. The monoisotopic (exact) mass is 273 g/mol. The Balaban J connectivity index is 2.09. The minimum absolute atomic E-state index is 0.232. The Kier molecular flexibility index (Phi) is 2.72. The summed E-state index contributed by atoms with van der Waals surface area (Å²) in [7, 11) is 0. The number of rotatable bonds is 2. The predicted molar refractivity (Wildman–Crippen MR) is 71.4 cm³/mol. The SMILES string of the molecule is O=C(O)c1ccc(-c2cc3nccc(Cl)c3o2)cc1. The fourth-order valence-corrected chi connectivity index (χ4v) is 2.02. The van der Waals surface area contributed by atoms with Crippen LogP contribution >= 0.6 is 11.6 Å². The van der Waals surface area contributed by atoms with Gasteiger partial charge < -0.3 is 9.52 Å². The Labute approximate surface area is 113 Å². The molecule has 0 aliphatic carbocycles.